The number of nitrogens with zero attached hydrogens (tertiary/aromatic N) is 3. The summed E-state index contributed by atoms with van der Waals surface area (Å²) in [5.41, 5.74) is 0.889. The van der Waals surface area contributed by atoms with Crippen LogP contribution >= 0.6 is 39.1 Å². The van der Waals surface area contributed by atoms with Crippen LogP contribution in [0, 0.1) is 10.1 Å². The summed E-state index contributed by atoms with van der Waals surface area (Å²) in [7, 11) is 0. The highest BCUT2D eigenvalue weighted by Crippen LogP contribution is 2.30. The Bertz CT molecular complexity index is 613. The van der Waals surface area contributed by atoms with E-state index in [0.717, 1.165) is 10.0 Å². The van der Waals surface area contributed by atoms with Gasteiger partial charge in [0.05, 0.1) is 11.4 Å². The van der Waals surface area contributed by atoms with Crippen molar-refractivity contribution in [3.8, 4) is 0 Å². The van der Waals surface area contributed by atoms with Crippen molar-refractivity contribution in [2.45, 2.75) is 0 Å². The number of halogens is 3. The van der Waals surface area contributed by atoms with E-state index in [4.69, 9.17) is 38.5 Å². The van der Waals surface area contributed by atoms with E-state index in [1.807, 2.05) is 12.3 Å². The molecule has 1 aromatic heterocycles. The highest BCUT2D eigenvalue weighted by Gasteiger charge is 2.04. The van der Waals surface area contributed by atoms with Crippen molar-refractivity contribution < 1.29 is 10.3 Å². The summed E-state index contributed by atoms with van der Waals surface area (Å²) in [6.45, 7) is 0. The van der Waals surface area contributed by atoms with Crippen LogP contribution in [-0.4, -0.2) is 19.8 Å². The van der Waals surface area contributed by atoms with Crippen LogP contribution in [0.5, 0.6) is 0 Å². The predicted octanol–water partition coefficient (Wildman–Crippen LogP) is 4.15. The molecule has 2 aromatic rings. The summed E-state index contributed by atoms with van der Waals surface area (Å²) < 4.78 is 2.64. The highest BCUT2D eigenvalue weighted by atomic mass is 79.9. The second-order valence-electron chi connectivity index (χ2n) is 3.35. The zero-order valence-electron chi connectivity index (χ0n) is 9.78. The van der Waals surface area contributed by atoms with Gasteiger partial charge in [0, 0.05) is 33.7 Å². The van der Waals surface area contributed by atoms with Crippen LogP contribution in [0.2, 0.25) is 5.02 Å². The fourth-order valence-corrected chi connectivity index (χ4v) is 2.52. The lowest BCUT2D eigenvalue weighted by molar-refractivity contribution is -0.742. The topological polar surface area (TPSA) is 81.2 Å². The Morgan fingerprint density at radius 1 is 1.55 bits per heavy atom. The Hall–Kier alpha value is -1.57. The lowest BCUT2D eigenvalue weighted by Crippen LogP contribution is -1.84. The van der Waals surface area contributed by atoms with Crippen LogP contribution in [0.15, 0.2) is 41.4 Å². The molecule has 0 aliphatic carbocycles. The summed E-state index contributed by atoms with van der Waals surface area (Å²) in [5.74, 6) is 0. The van der Waals surface area contributed by atoms with Gasteiger partial charge in [0.2, 0.25) is 0 Å². The minimum Gasteiger partial charge on any atom is -0.328 e. The number of hydrogen-bond donors (Lipinski definition) is 1. The smallest absolute Gasteiger partial charge is 0.291 e. The quantitative estimate of drug-likeness (QED) is 0.626. The first-order valence-corrected chi connectivity index (χ1v) is 6.58. The van der Waals surface area contributed by atoms with E-state index >= 15 is 0 Å². The molecule has 1 aromatic carbocycles. The number of hydrogen-bond acceptors (Lipinski definition) is 3. The minimum absolute atomic E-state index is 0.613. The minimum atomic E-state index is -1.50. The number of aromatic nitrogens is 2. The van der Waals surface area contributed by atoms with E-state index in [9.17, 15) is 0 Å². The van der Waals surface area contributed by atoms with Gasteiger partial charge in [-0.1, -0.05) is 45.2 Å². The van der Waals surface area contributed by atoms with E-state index < -0.39 is 5.09 Å². The third kappa shape index (κ3) is 5.60. The molecule has 9 heteroatoms. The van der Waals surface area contributed by atoms with E-state index in [1.54, 1.807) is 35.4 Å². The molecular weight excluding hydrogens is 373 g/mol. The van der Waals surface area contributed by atoms with Crippen molar-refractivity contribution in [1.82, 2.24) is 9.55 Å². The first-order chi connectivity index (χ1) is 9.40. The van der Waals surface area contributed by atoms with Gasteiger partial charge >= 0.3 is 0 Å². The van der Waals surface area contributed by atoms with E-state index in [0.29, 0.717) is 10.1 Å². The van der Waals surface area contributed by atoms with Crippen molar-refractivity contribution in [3.63, 3.8) is 0 Å². The summed E-state index contributed by atoms with van der Waals surface area (Å²) in [6.07, 6.45) is 6.96. The Labute approximate surface area is 132 Å². The third-order valence-electron chi connectivity index (χ3n) is 1.98. The van der Waals surface area contributed by atoms with E-state index in [1.165, 1.54) is 0 Å². The van der Waals surface area contributed by atoms with Gasteiger partial charge in [0.15, 0.2) is 0 Å². The molecule has 0 saturated heterocycles. The first kappa shape index (κ1) is 16.5. The second kappa shape index (κ2) is 7.88. The molecule has 0 spiro atoms. The zero-order valence-corrected chi connectivity index (χ0v) is 12.9. The third-order valence-corrected chi connectivity index (χ3v) is 3.17. The SMILES string of the molecule is ClC(=Cn1ccnc1)c1ccc(Cl)cc1Br.O=[N+]([O-])O. The van der Waals surface area contributed by atoms with E-state index in [-0.39, 0.29) is 0 Å². The normalized spacial score (nSPS) is 10.7. The second-order valence-corrected chi connectivity index (χ2v) is 5.05. The predicted molar refractivity (Wildman–Crippen MR) is 80.2 cm³/mol. The van der Waals surface area contributed by atoms with Gasteiger partial charge in [-0.15, -0.1) is 10.1 Å². The number of rotatable bonds is 2. The van der Waals surface area contributed by atoms with Gasteiger partial charge in [-0.2, -0.15) is 0 Å². The van der Waals surface area contributed by atoms with Crippen molar-refractivity contribution >= 4 is 50.4 Å². The van der Waals surface area contributed by atoms with Crippen molar-refractivity contribution in [2.75, 3.05) is 0 Å². The Morgan fingerprint density at radius 2 is 2.20 bits per heavy atom. The Balaban J connectivity index is 0.000000444. The molecule has 20 heavy (non-hydrogen) atoms. The average Bonchev–Trinajstić information content (AvgIpc) is 2.80. The molecule has 0 aliphatic rings. The molecule has 0 bridgehead atoms. The van der Waals surface area contributed by atoms with Gasteiger partial charge in [-0.25, -0.2) is 4.98 Å². The van der Waals surface area contributed by atoms with E-state index in [2.05, 4.69) is 20.9 Å². The Morgan fingerprint density at radius 3 is 2.70 bits per heavy atom. The maximum atomic E-state index is 8.36. The molecule has 2 rings (SSSR count). The molecule has 0 amide bonds. The van der Waals surface area contributed by atoms with Crippen LogP contribution in [0.3, 0.4) is 0 Å². The van der Waals surface area contributed by atoms with Gasteiger partial charge in [0.1, 0.15) is 0 Å². The molecular formula is C11H8BrCl2N3O3. The zero-order chi connectivity index (χ0) is 15.1. The van der Waals surface area contributed by atoms with Crippen LogP contribution in [0.1, 0.15) is 5.56 Å². The molecule has 0 unspecified atom stereocenters. The maximum absolute atomic E-state index is 8.36. The fraction of sp³-hybridized carbons (Fsp3) is 0. The summed E-state index contributed by atoms with van der Waals surface area (Å²) in [5, 5.41) is 14.9. The molecule has 106 valence electrons. The van der Waals surface area contributed by atoms with Crippen LogP contribution < -0.4 is 0 Å². The molecule has 1 N–H and O–H groups in total. The molecule has 1 heterocycles. The monoisotopic (exact) mass is 379 g/mol. The van der Waals surface area contributed by atoms with Crippen molar-refractivity contribution in [2.24, 2.45) is 0 Å². The number of benzene rings is 1. The maximum Gasteiger partial charge on any atom is 0.291 e. The van der Waals surface area contributed by atoms with Crippen LogP contribution in [0.25, 0.3) is 11.2 Å². The highest BCUT2D eigenvalue weighted by molar-refractivity contribution is 9.10. The molecule has 0 atom stereocenters. The lowest BCUT2D eigenvalue weighted by atomic mass is 10.2. The molecule has 0 fully saturated rings. The summed E-state index contributed by atoms with van der Waals surface area (Å²) in [6, 6.07) is 5.47. The van der Waals surface area contributed by atoms with Gasteiger partial charge < -0.3 is 9.77 Å². The van der Waals surface area contributed by atoms with Gasteiger partial charge in [-0.05, 0) is 12.1 Å². The lowest BCUT2D eigenvalue weighted by Gasteiger charge is -2.03. The van der Waals surface area contributed by atoms with Gasteiger partial charge in [-0.3, -0.25) is 0 Å². The number of imidazole rings is 1. The van der Waals surface area contributed by atoms with Gasteiger partial charge in [0.25, 0.3) is 5.09 Å². The standard InChI is InChI=1S/C11H7BrCl2N2.HNO3/c12-10-5-8(13)1-2-9(10)11(14)6-16-4-3-15-7-16;2-1(3)4/h1-7H;(H,2,3,4). The van der Waals surface area contributed by atoms with Crippen molar-refractivity contribution in [1.29, 1.82) is 0 Å². The molecule has 0 aliphatic heterocycles. The Kier molecular flexibility index (Phi) is 6.50. The fourth-order valence-electron chi connectivity index (χ4n) is 1.23. The average molecular weight is 381 g/mol. The molecule has 6 nitrogen and oxygen atoms in total. The van der Waals surface area contributed by atoms with Crippen molar-refractivity contribution in [3.05, 3.63) is 62.1 Å². The van der Waals surface area contributed by atoms with Crippen LogP contribution in [-0.2, 0) is 0 Å². The largest absolute Gasteiger partial charge is 0.328 e. The first-order valence-electron chi connectivity index (χ1n) is 5.03. The van der Waals surface area contributed by atoms with Crippen LogP contribution in [0.4, 0.5) is 0 Å². The summed E-state index contributed by atoms with van der Waals surface area (Å²) >= 11 is 15.5. The molecule has 0 radical (unpaired) electrons. The summed E-state index contributed by atoms with van der Waals surface area (Å²) in [4.78, 5) is 12.3. The molecule has 0 saturated carbocycles.